The lowest BCUT2D eigenvalue weighted by Crippen LogP contribution is -2.58. The largest absolute Gasteiger partial charge is 0.390 e. The van der Waals surface area contributed by atoms with E-state index in [1.165, 1.54) is 0 Å². The summed E-state index contributed by atoms with van der Waals surface area (Å²) in [6.07, 6.45) is 2.89. The Morgan fingerprint density at radius 2 is 1.71 bits per heavy atom. The monoisotopic (exact) mass is 460 g/mol. The molecule has 0 saturated heterocycles. The molecule has 1 fully saturated rings. The molecule has 3 heterocycles. The summed E-state index contributed by atoms with van der Waals surface area (Å²) in [4.78, 5) is 9.62. The van der Waals surface area contributed by atoms with Crippen LogP contribution < -0.4 is 5.73 Å². The van der Waals surface area contributed by atoms with Gasteiger partial charge in [-0.1, -0.05) is 36.4 Å². The van der Waals surface area contributed by atoms with Gasteiger partial charge in [0.1, 0.15) is 0 Å². The van der Waals surface area contributed by atoms with Crippen molar-refractivity contribution >= 4 is 16.7 Å². The fourth-order valence-electron chi connectivity index (χ4n) is 5.29. The van der Waals surface area contributed by atoms with Crippen molar-refractivity contribution in [2.75, 3.05) is 0 Å². The first-order valence-electron chi connectivity index (χ1n) is 11.5. The van der Waals surface area contributed by atoms with Crippen molar-refractivity contribution in [3.05, 3.63) is 83.7 Å². The summed E-state index contributed by atoms with van der Waals surface area (Å²) in [5.41, 5.74) is 12.9. The Morgan fingerprint density at radius 3 is 2.37 bits per heavy atom. The van der Waals surface area contributed by atoms with Gasteiger partial charge in [-0.05, 0) is 56.0 Å². The smallest absolute Gasteiger partial charge is 0.165 e. The van der Waals surface area contributed by atoms with Crippen LogP contribution in [-0.2, 0) is 5.54 Å². The van der Waals surface area contributed by atoms with E-state index in [4.69, 9.17) is 10.7 Å². The van der Waals surface area contributed by atoms with Gasteiger partial charge in [-0.25, -0.2) is 9.97 Å². The highest BCUT2D eigenvalue weighted by atomic mass is 16.3. The third-order valence-electron chi connectivity index (χ3n) is 6.83. The Balaban J connectivity index is 1.53. The van der Waals surface area contributed by atoms with Gasteiger partial charge in [-0.3, -0.25) is 0 Å². The molecule has 0 unspecified atom stereocenters. The lowest BCUT2D eigenvalue weighted by Gasteiger charge is -2.49. The van der Waals surface area contributed by atoms with Gasteiger partial charge in [-0.2, -0.15) is 14.9 Å². The van der Waals surface area contributed by atoms with Gasteiger partial charge in [-0.15, -0.1) is 0 Å². The second-order valence-corrected chi connectivity index (χ2v) is 9.88. The maximum Gasteiger partial charge on any atom is 0.165 e. The fraction of sp³-hybridized carbons (Fsp3) is 0.214. The number of fused-ring (bicyclic) bond motifs is 3. The molecule has 172 valence electrons. The normalized spacial score (nSPS) is 21.7. The minimum Gasteiger partial charge on any atom is -0.390 e. The third kappa shape index (κ3) is 3.55. The second-order valence-electron chi connectivity index (χ2n) is 9.88. The van der Waals surface area contributed by atoms with Crippen molar-refractivity contribution in [1.82, 2.24) is 19.6 Å². The van der Waals surface area contributed by atoms with Crippen LogP contribution in [0.1, 0.15) is 36.6 Å². The predicted molar refractivity (Wildman–Crippen MR) is 134 cm³/mol. The molecule has 3 aromatic heterocycles. The number of pyridine rings is 1. The lowest BCUT2D eigenvalue weighted by atomic mass is 9.63. The molecule has 1 aliphatic rings. The second kappa shape index (κ2) is 7.44. The van der Waals surface area contributed by atoms with E-state index in [1.54, 1.807) is 4.52 Å². The molecule has 0 bridgehead atoms. The van der Waals surface area contributed by atoms with Crippen LogP contribution in [0, 0.1) is 18.3 Å². The SMILES string of the molecule is Cc1cc2ncc3cc(-c4ccc(C#N)cc4)c(-c4ccc(C5(N)CC(C)(O)C5)cc4)nc3n2n1. The summed E-state index contributed by atoms with van der Waals surface area (Å²) in [6, 6.07) is 21.8. The summed E-state index contributed by atoms with van der Waals surface area (Å²) in [5.74, 6) is 0. The van der Waals surface area contributed by atoms with Gasteiger partial charge in [0, 0.05) is 34.3 Å². The van der Waals surface area contributed by atoms with Crippen molar-refractivity contribution in [3.63, 3.8) is 0 Å². The maximum absolute atomic E-state index is 10.2. The average Bonchev–Trinajstić information content (AvgIpc) is 3.23. The Hall–Kier alpha value is -4.12. The van der Waals surface area contributed by atoms with Crippen molar-refractivity contribution < 1.29 is 5.11 Å². The number of benzene rings is 2. The zero-order chi connectivity index (χ0) is 24.4. The van der Waals surface area contributed by atoms with Crippen LogP contribution in [0.3, 0.4) is 0 Å². The lowest BCUT2D eigenvalue weighted by molar-refractivity contribution is -0.0738. The molecule has 0 spiro atoms. The van der Waals surface area contributed by atoms with Crippen molar-refractivity contribution in [2.24, 2.45) is 5.73 Å². The molecule has 0 radical (unpaired) electrons. The van der Waals surface area contributed by atoms with E-state index in [1.807, 2.05) is 74.6 Å². The Labute approximate surface area is 202 Å². The van der Waals surface area contributed by atoms with Crippen molar-refractivity contribution in [2.45, 2.75) is 37.8 Å². The molecule has 35 heavy (non-hydrogen) atoms. The van der Waals surface area contributed by atoms with E-state index >= 15 is 0 Å². The van der Waals surface area contributed by atoms with Crippen molar-refractivity contribution in [1.29, 1.82) is 5.26 Å². The Kier molecular flexibility index (Phi) is 4.55. The highest BCUT2D eigenvalue weighted by Gasteiger charge is 2.49. The summed E-state index contributed by atoms with van der Waals surface area (Å²) in [6.45, 7) is 3.76. The molecule has 0 atom stereocenters. The van der Waals surface area contributed by atoms with Crippen LogP contribution in [0.4, 0.5) is 0 Å². The van der Waals surface area contributed by atoms with E-state index in [9.17, 15) is 10.4 Å². The number of aliphatic hydroxyl groups is 1. The molecule has 3 N–H and O–H groups in total. The number of nitriles is 1. The number of rotatable bonds is 3. The minimum atomic E-state index is -0.711. The number of hydrogen-bond donors (Lipinski definition) is 2. The fourth-order valence-corrected chi connectivity index (χ4v) is 5.29. The molecule has 5 aromatic rings. The molecule has 7 nitrogen and oxygen atoms in total. The summed E-state index contributed by atoms with van der Waals surface area (Å²) < 4.78 is 1.77. The third-order valence-corrected chi connectivity index (χ3v) is 6.83. The summed E-state index contributed by atoms with van der Waals surface area (Å²) >= 11 is 0. The topological polar surface area (TPSA) is 113 Å². The standard InChI is InChI=1S/C28H24N6O/c1-17-11-24-31-14-21-12-23(19-5-3-18(13-29)4-6-19)25(32-26(21)34(24)33-17)20-7-9-22(10-8-20)28(30)15-27(2,35)16-28/h3-12,14,35H,15-16,30H2,1-2H3. The minimum absolute atomic E-state index is 0.515. The molecule has 6 rings (SSSR count). The van der Waals surface area contributed by atoms with Crippen LogP contribution in [0.15, 0.2) is 66.9 Å². The van der Waals surface area contributed by atoms with Crippen LogP contribution in [0.25, 0.3) is 39.1 Å². The van der Waals surface area contributed by atoms with Crippen LogP contribution in [-0.4, -0.2) is 30.3 Å². The maximum atomic E-state index is 10.2. The molecule has 0 aliphatic heterocycles. The molecule has 0 amide bonds. The number of nitrogens with two attached hydrogens (primary N) is 1. The van der Waals surface area contributed by atoms with Gasteiger partial charge in [0.25, 0.3) is 0 Å². The first-order valence-corrected chi connectivity index (χ1v) is 11.5. The van der Waals surface area contributed by atoms with Gasteiger partial charge in [0.05, 0.1) is 28.6 Å². The molecule has 2 aromatic carbocycles. The zero-order valence-electron chi connectivity index (χ0n) is 19.5. The highest BCUT2D eigenvalue weighted by Crippen LogP contribution is 2.46. The Morgan fingerprint density at radius 1 is 1.03 bits per heavy atom. The Bertz CT molecular complexity index is 1630. The average molecular weight is 461 g/mol. The molecule has 1 aliphatic carbocycles. The van der Waals surface area contributed by atoms with Gasteiger partial charge in [0.2, 0.25) is 0 Å². The van der Waals surface area contributed by atoms with Gasteiger partial charge in [0.15, 0.2) is 11.3 Å². The van der Waals surface area contributed by atoms with Gasteiger partial charge >= 0.3 is 0 Å². The molecular weight excluding hydrogens is 436 g/mol. The van der Waals surface area contributed by atoms with Crippen LogP contribution in [0.2, 0.25) is 0 Å². The van der Waals surface area contributed by atoms with E-state index in [0.717, 1.165) is 50.3 Å². The number of nitrogens with zero attached hydrogens (tertiary/aromatic N) is 5. The number of aryl methyl sites for hydroxylation is 1. The first-order chi connectivity index (χ1) is 16.7. The van der Waals surface area contributed by atoms with E-state index in [-0.39, 0.29) is 0 Å². The molecule has 7 heteroatoms. The number of aromatic nitrogens is 4. The quantitative estimate of drug-likeness (QED) is 0.410. The van der Waals surface area contributed by atoms with Crippen LogP contribution in [0.5, 0.6) is 0 Å². The predicted octanol–water partition coefficient (Wildman–Crippen LogP) is 4.49. The molecular formula is C28H24N6O. The van der Waals surface area contributed by atoms with E-state index < -0.39 is 11.1 Å². The van der Waals surface area contributed by atoms with E-state index in [0.29, 0.717) is 18.4 Å². The number of hydrogen-bond acceptors (Lipinski definition) is 6. The van der Waals surface area contributed by atoms with Gasteiger partial charge < -0.3 is 10.8 Å². The van der Waals surface area contributed by atoms with Crippen LogP contribution >= 0.6 is 0 Å². The molecule has 1 saturated carbocycles. The summed E-state index contributed by atoms with van der Waals surface area (Å²) in [5, 5.41) is 24.9. The zero-order valence-corrected chi connectivity index (χ0v) is 19.5. The highest BCUT2D eigenvalue weighted by molar-refractivity contribution is 5.90. The summed E-state index contributed by atoms with van der Waals surface area (Å²) in [7, 11) is 0. The first kappa shape index (κ1) is 21.4. The van der Waals surface area contributed by atoms with E-state index in [2.05, 4.69) is 22.2 Å². The van der Waals surface area contributed by atoms with Crippen molar-refractivity contribution in [3.8, 4) is 28.5 Å².